The van der Waals surface area contributed by atoms with Crippen molar-refractivity contribution in [1.82, 2.24) is 25.4 Å². The number of H-pyrrole nitrogens is 1. The lowest BCUT2D eigenvalue weighted by atomic mass is 10.1. The maximum atomic E-state index is 4.61. The molecule has 0 amide bonds. The van der Waals surface area contributed by atoms with E-state index in [0.29, 0.717) is 12.5 Å². The van der Waals surface area contributed by atoms with Gasteiger partial charge in [-0.15, -0.1) is 5.10 Å². The molecule has 6 nitrogen and oxygen atoms in total. The van der Waals surface area contributed by atoms with Crippen LogP contribution < -0.4 is 5.32 Å². The third-order valence-corrected chi connectivity index (χ3v) is 4.75. The van der Waals surface area contributed by atoms with E-state index in [0.717, 1.165) is 28.2 Å². The number of hydrogen-bond donors (Lipinski definition) is 2. The van der Waals surface area contributed by atoms with Crippen molar-refractivity contribution in [3.63, 3.8) is 0 Å². The fourth-order valence-electron chi connectivity index (χ4n) is 3.26. The molecule has 140 valence electrons. The summed E-state index contributed by atoms with van der Waals surface area (Å²) in [5.41, 5.74) is 4.74. The number of rotatable bonds is 5. The predicted octanol–water partition coefficient (Wildman–Crippen LogP) is 4.69. The number of nitrogens with zero attached hydrogens (tertiary/aromatic N) is 4. The van der Waals surface area contributed by atoms with E-state index in [1.807, 2.05) is 48.5 Å². The summed E-state index contributed by atoms with van der Waals surface area (Å²) in [6.45, 7) is 0.506. The molecule has 6 heteroatoms. The molecule has 5 aromatic rings. The Bertz CT molecular complexity index is 1260. The second-order valence-corrected chi connectivity index (χ2v) is 6.72. The van der Waals surface area contributed by atoms with E-state index in [9.17, 15) is 0 Å². The topological polar surface area (TPSA) is 79.4 Å². The van der Waals surface area contributed by atoms with E-state index >= 15 is 0 Å². The Hall–Kier alpha value is -4.06. The maximum Gasteiger partial charge on any atom is 0.243 e. The van der Waals surface area contributed by atoms with Crippen molar-refractivity contribution < 1.29 is 0 Å². The normalized spacial score (nSPS) is 10.9. The monoisotopic (exact) mass is 378 g/mol. The highest BCUT2D eigenvalue weighted by Crippen LogP contribution is 2.23. The lowest BCUT2D eigenvalue weighted by Crippen LogP contribution is -2.05. The van der Waals surface area contributed by atoms with Crippen LogP contribution in [0.4, 0.5) is 5.95 Å². The van der Waals surface area contributed by atoms with E-state index in [1.165, 1.54) is 10.8 Å². The lowest BCUT2D eigenvalue weighted by Gasteiger charge is -2.06. The van der Waals surface area contributed by atoms with Gasteiger partial charge in [-0.3, -0.25) is 5.10 Å². The summed E-state index contributed by atoms with van der Waals surface area (Å²) in [7, 11) is 0. The van der Waals surface area contributed by atoms with Crippen LogP contribution in [0.5, 0.6) is 0 Å². The first-order valence-electron chi connectivity index (χ1n) is 9.38. The molecule has 0 aliphatic rings. The molecular formula is C23H18N6. The Morgan fingerprint density at radius 3 is 2.52 bits per heavy atom. The third kappa shape index (κ3) is 3.68. The maximum absolute atomic E-state index is 4.61. The molecule has 0 fully saturated rings. The quantitative estimate of drug-likeness (QED) is 0.464. The molecule has 5 rings (SSSR count). The van der Waals surface area contributed by atoms with Gasteiger partial charge < -0.3 is 5.32 Å². The smallest absolute Gasteiger partial charge is 0.243 e. The Morgan fingerprint density at radius 2 is 1.62 bits per heavy atom. The van der Waals surface area contributed by atoms with Crippen LogP contribution in [0.3, 0.4) is 0 Å². The zero-order valence-electron chi connectivity index (χ0n) is 15.6. The minimum absolute atomic E-state index is 0.472. The zero-order valence-corrected chi connectivity index (χ0v) is 15.6. The predicted molar refractivity (Wildman–Crippen MR) is 114 cm³/mol. The van der Waals surface area contributed by atoms with Crippen molar-refractivity contribution in [2.24, 2.45) is 0 Å². The van der Waals surface area contributed by atoms with Crippen LogP contribution in [-0.4, -0.2) is 25.4 Å². The largest absolute Gasteiger partial charge is 0.347 e. The van der Waals surface area contributed by atoms with E-state index in [2.05, 4.69) is 61.0 Å². The molecule has 0 saturated heterocycles. The summed E-state index contributed by atoms with van der Waals surface area (Å²) in [6.07, 6.45) is 1.68. The van der Waals surface area contributed by atoms with Crippen LogP contribution in [0.2, 0.25) is 0 Å². The van der Waals surface area contributed by atoms with Gasteiger partial charge in [0.1, 0.15) is 0 Å². The molecule has 2 heterocycles. The van der Waals surface area contributed by atoms with Gasteiger partial charge in [0.25, 0.3) is 0 Å². The molecule has 0 aliphatic heterocycles. The molecule has 0 saturated carbocycles. The van der Waals surface area contributed by atoms with Gasteiger partial charge in [0.2, 0.25) is 5.95 Å². The van der Waals surface area contributed by atoms with Crippen LogP contribution in [0.1, 0.15) is 5.69 Å². The highest BCUT2D eigenvalue weighted by Gasteiger charge is 2.07. The molecule has 0 spiro atoms. The Labute approximate surface area is 167 Å². The van der Waals surface area contributed by atoms with Gasteiger partial charge in [-0.2, -0.15) is 10.2 Å². The number of aromatic amines is 1. The van der Waals surface area contributed by atoms with Gasteiger partial charge in [0.15, 0.2) is 0 Å². The molecule has 0 radical (unpaired) electrons. The van der Waals surface area contributed by atoms with E-state index in [1.54, 1.807) is 6.20 Å². The summed E-state index contributed by atoms with van der Waals surface area (Å²) < 4.78 is 0. The SMILES string of the molecule is c1ccc(-c2cc(CNc3nncc(-c4ccc5ccccc5c4)n3)n[nH]2)cc1. The van der Waals surface area contributed by atoms with Gasteiger partial charge in [0.05, 0.1) is 29.8 Å². The minimum atomic E-state index is 0.472. The van der Waals surface area contributed by atoms with Crippen molar-refractivity contribution >= 4 is 16.7 Å². The third-order valence-electron chi connectivity index (χ3n) is 4.75. The van der Waals surface area contributed by atoms with Crippen molar-refractivity contribution in [1.29, 1.82) is 0 Å². The first-order chi connectivity index (χ1) is 14.3. The molecule has 3 aromatic carbocycles. The van der Waals surface area contributed by atoms with Crippen molar-refractivity contribution in [2.75, 3.05) is 5.32 Å². The number of aromatic nitrogens is 5. The van der Waals surface area contributed by atoms with Crippen molar-refractivity contribution in [3.8, 4) is 22.5 Å². The highest BCUT2D eigenvalue weighted by atomic mass is 15.2. The van der Waals surface area contributed by atoms with Crippen LogP contribution in [0, 0.1) is 0 Å². The van der Waals surface area contributed by atoms with Gasteiger partial charge in [-0.25, -0.2) is 4.98 Å². The van der Waals surface area contributed by atoms with Crippen LogP contribution >= 0.6 is 0 Å². The van der Waals surface area contributed by atoms with E-state index in [4.69, 9.17) is 0 Å². The average molecular weight is 378 g/mol. The van der Waals surface area contributed by atoms with Gasteiger partial charge >= 0.3 is 0 Å². The minimum Gasteiger partial charge on any atom is -0.347 e. The fourth-order valence-corrected chi connectivity index (χ4v) is 3.26. The van der Waals surface area contributed by atoms with E-state index < -0.39 is 0 Å². The number of benzene rings is 3. The summed E-state index contributed by atoms with van der Waals surface area (Å²) in [4.78, 5) is 4.61. The second-order valence-electron chi connectivity index (χ2n) is 6.72. The lowest BCUT2D eigenvalue weighted by molar-refractivity contribution is 0.923. The molecular weight excluding hydrogens is 360 g/mol. The molecule has 29 heavy (non-hydrogen) atoms. The first-order valence-corrected chi connectivity index (χ1v) is 9.38. The molecule has 2 aromatic heterocycles. The zero-order chi connectivity index (χ0) is 19.5. The fraction of sp³-hybridized carbons (Fsp3) is 0.0435. The number of fused-ring (bicyclic) bond motifs is 1. The second kappa shape index (κ2) is 7.52. The molecule has 2 N–H and O–H groups in total. The van der Waals surface area contributed by atoms with Crippen molar-refractivity contribution in [2.45, 2.75) is 6.54 Å². The highest BCUT2D eigenvalue weighted by molar-refractivity contribution is 5.86. The number of anilines is 1. The molecule has 0 unspecified atom stereocenters. The van der Waals surface area contributed by atoms with Gasteiger partial charge in [-0.05, 0) is 28.5 Å². The standard InChI is InChI=1S/C23H18N6/c1-2-7-17(8-3-1)21-13-20(27-28-21)14-24-23-26-22(15-25-29-23)19-11-10-16-6-4-5-9-18(16)12-19/h1-13,15H,14H2,(H,27,28)(H,24,26,29). The summed E-state index contributed by atoms with van der Waals surface area (Å²) in [6, 6.07) is 26.6. The summed E-state index contributed by atoms with van der Waals surface area (Å²) in [5, 5.41) is 21.2. The Balaban J connectivity index is 1.33. The summed E-state index contributed by atoms with van der Waals surface area (Å²) >= 11 is 0. The average Bonchev–Trinajstić information content (AvgIpc) is 3.27. The molecule has 0 atom stereocenters. The Kier molecular flexibility index (Phi) is 4.42. The van der Waals surface area contributed by atoms with Crippen LogP contribution in [0.25, 0.3) is 33.3 Å². The Morgan fingerprint density at radius 1 is 0.793 bits per heavy atom. The van der Waals surface area contributed by atoms with E-state index in [-0.39, 0.29) is 0 Å². The van der Waals surface area contributed by atoms with Crippen LogP contribution in [0.15, 0.2) is 85.1 Å². The molecule has 0 aliphatic carbocycles. The first kappa shape index (κ1) is 17.1. The number of hydrogen-bond acceptors (Lipinski definition) is 5. The van der Waals surface area contributed by atoms with Crippen LogP contribution in [-0.2, 0) is 6.54 Å². The van der Waals surface area contributed by atoms with Gasteiger partial charge in [0, 0.05) is 5.56 Å². The molecule has 0 bridgehead atoms. The van der Waals surface area contributed by atoms with Crippen molar-refractivity contribution in [3.05, 3.63) is 90.8 Å². The number of nitrogens with one attached hydrogen (secondary N) is 2. The van der Waals surface area contributed by atoms with Gasteiger partial charge in [-0.1, -0.05) is 66.7 Å². The summed E-state index contributed by atoms with van der Waals surface area (Å²) in [5.74, 6) is 0.472.